The Morgan fingerprint density at radius 1 is 0.596 bits per heavy atom. The van der Waals surface area contributed by atoms with E-state index in [2.05, 4.69) is 25.9 Å². The standard InChI is InChI=1S/C34H46N10O3/c35-27(13-7-19-40-33(36)37)30(45)44-29(21-23-15-17-26(18-16-23)25-11-5-2-6-12-25)32(47)43-28(14-8-20-41-34(38)39)31(46)42-22-24-9-3-1-4-10-24/h1-6,9-12,15-18,27-29H,7-8,13-14,19-22,35H2,(H,42,46)(H,43,47)(H,44,45)(H4,36,37,40)(H4,38,39,41)/t27-,28-,29-/m0/s1. The summed E-state index contributed by atoms with van der Waals surface area (Å²) in [6.45, 7) is 0.881. The third-order valence-electron chi connectivity index (χ3n) is 7.33. The first kappa shape index (κ1) is 36.0. The van der Waals surface area contributed by atoms with E-state index >= 15 is 0 Å². The van der Waals surface area contributed by atoms with Crippen LogP contribution in [0.1, 0.15) is 36.8 Å². The van der Waals surface area contributed by atoms with E-state index in [9.17, 15) is 14.4 Å². The Hall–Kier alpha value is -5.43. The third-order valence-corrected chi connectivity index (χ3v) is 7.33. The first-order chi connectivity index (χ1) is 22.6. The van der Waals surface area contributed by atoms with Crippen molar-refractivity contribution in [3.05, 3.63) is 96.1 Å². The first-order valence-electron chi connectivity index (χ1n) is 15.6. The summed E-state index contributed by atoms with van der Waals surface area (Å²) in [6, 6.07) is 24.2. The fourth-order valence-corrected chi connectivity index (χ4v) is 4.79. The van der Waals surface area contributed by atoms with E-state index in [0.29, 0.717) is 25.8 Å². The van der Waals surface area contributed by atoms with Gasteiger partial charge in [-0.1, -0.05) is 84.9 Å². The summed E-state index contributed by atoms with van der Waals surface area (Å²) in [4.78, 5) is 48.2. The Kier molecular flexibility index (Phi) is 14.7. The second kappa shape index (κ2) is 19.2. The molecule has 13 nitrogen and oxygen atoms in total. The van der Waals surface area contributed by atoms with E-state index in [4.69, 9.17) is 28.7 Å². The predicted molar refractivity (Wildman–Crippen MR) is 186 cm³/mol. The number of guanidine groups is 2. The minimum atomic E-state index is -1.02. The van der Waals surface area contributed by atoms with Crippen LogP contribution in [0.4, 0.5) is 0 Å². The molecule has 3 aromatic carbocycles. The SMILES string of the molecule is NC(N)=NCCC[C@H](NC(=O)[C@H](Cc1ccc(-c2ccccc2)cc1)NC(=O)[C@@H](N)CCCN=C(N)N)C(=O)NCc1ccccc1. The summed E-state index contributed by atoms with van der Waals surface area (Å²) < 4.78 is 0. The maximum absolute atomic E-state index is 13.8. The van der Waals surface area contributed by atoms with Crippen LogP contribution in [0.15, 0.2) is 94.9 Å². The number of rotatable bonds is 18. The number of aliphatic imine (C=N–C) groups is 2. The molecular weight excluding hydrogens is 596 g/mol. The van der Waals surface area contributed by atoms with Crippen LogP contribution in [0.5, 0.6) is 0 Å². The van der Waals surface area contributed by atoms with Crippen LogP contribution in [-0.2, 0) is 27.3 Å². The largest absolute Gasteiger partial charge is 0.370 e. The number of benzene rings is 3. The van der Waals surface area contributed by atoms with Crippen molar-refractivity contribution in [2.75, 3.05) is 13.1 Å². The van der Waals surface area contributed by atoms with Gasteiger partial charge in [0.25, 0.3) is 0 Å². The molecule has 0 aliphatic rings. The second-order valence-electron chi connectivity index (χ2n) is 11.1. The number of carbonyl (C=O) groups is 3. The molecule has 13 N–H and O–H groups in total. The lowest BCUT2D eigenvalue weighted by molar-refractivity contribution is -0.132. The monoisotopic (exact) mass is 642 g/mol. The summed E-state index contributed by atoms with van der Waals surface area (Å²) in [7, 11) is 0. The molecule has 0 aromatic heterocycles. The maximum atomic E-state index is 13.8. The minimum absolute atomic E-state index is 0.0429. The van der Waals surface area contributed by atoms with Gasteiger partial charge in [0, 0.05) is 26.1 Å². The zero-order chi connectivity index (χ0) is 34.0. The first-order valence-corrected chi connectivity index (χ1v) is 15.6. The molecule has 3 rings (SSSR count). The van der Waals surface area contributed by atoms with Gasteiger partial charge in [-0.2, -0.15) is 0 Å². The molecule has 13 heteroatoms. The Morgan fingerprint density at radius 2 is 1.13 bits per heavy atom. The van der Waals surface area contributed by atoms with E-state index in [1.165, 1.54) is 0 Å². The van der Waals surface area contributed by atoms with Crippen molar-refractivity contribution in [3.8, 4) is 11.1 Å². The molecule has 0 fully saturated rings. The van der Waals surface area contributed by atoms with Gasteiger partial charge in [0.05, 0.1) is 6.04 Å². The molecule has 3 atom stereocenters. The molecule has 0 saturated heterocycles. The molecule has 3 aromatic rings. The lowest BCUT2D eigenvalue weighted by Crippen LogP contribution is -2.56. The van der Waals surface area contributed by atoms with E-state index in [1.54, 1.807) is 0 Å². The Morgan fingerprint density at radius 3 is 1.72 bits per heavy atom. The van der Waals surface area contributed by atoms with Gasteiger partial charge in [-0.15, -0.1) is 0 Å². The number of nitrogens with two attached hydrogens (primary N) is 5. The van der Waals surface area contributed by atoms with Crippen molar-refractivity contribution in [1.82, 2.24) is 16.0 Å². The Labute approximate surface area is 275 Å². The summed E-state index contributed by atoms with van der Waals surface area (Å²) in [6.07, 6.45) is 1.64. The van der Waals surface area contributed by atoms with Crippen molar-refractivity contribution in [3.63, 3.8) is 0 Å². The maximum Gasteiger partial charge on any atom is 0.243 e. The van der Waals surface area contributed by atoms with Gasteiger partial charge in [-0.3, -0.25) is 24.4 Å². The molecule has 250 valence electrons. The van der Waals surface area contributed by atoms with Gasteiger partial charge in [-0.05, 0) is 47.9 Å². The van der Waals surface area contributed by atoms with Crippen molar-refractivity contribution in [2.24, 2.45) is 38.7 Å². The van der Waals surface area contributed by atoms with E-state index < -0.39 is 29.9 Å². The van der Waals surface area contributed by atoms with Crippen molar-refractivity contribution in [1.29, 1.82) is 0 Å². The molecule has 0 bridgehead atoms. The number of hydrogen-bond donors (Lipinski definition) is 8. The van der Waals surface area contributed by atoms with Crippen LogP contribution < -0.4 is 44.6 Å². The Balaban J connectivity index is 1.77. The number of nitrogens with zero attached hydrogens (tertiary/aromatic N) is 2. The lowest BCUT2D eigenvalue weighted by Gasteiger charge is -2.24. The Bertz CT molecular complexity index is 1470. The van der Waals surface area contributed by atoms with Crippen molar-refractivity contribution >= 4 is 29.6 Å². The van der Waals surface area contributed by atoms with Crippen LogP contribution >= 0.6 is 0 Å². The zero-order valence-corrected chi connectivity index (χ0v) is 26.5. The smallest absolute Gasteiger partial charge is 0.243 e. The summed E-state index contributed by atoms with van der Waals surface area (Å²) in [5, 5.41) is 8.53. The molecule has 0 aliphatic heterocycles. The van der Waals surface area contributed by atoms with Gasteiger partial charge in [0.2, 0.25) is 17.7 Å². The molecule has 0 radical (unpaired) electrons. The third kappa shape index (κ3) is 13.2. The van der Waals surface area contributed by atoms with Crippen LogP contribution in [0, 0.1) is 0 Å². The molecule has 3 amide bonds. The average molecular weight is 643 g/mol. The highest BCUT2D eigenvalue weighted by Gasteiger charge is 2.28. The van der Waals surface area contributed by atoms with Gasteiger partial charge in [0.15, 0.2) is 11.9 Å². The summed E-state index contributed by atoms with van der Waals surface area (Å²) in [5.41, 5.74) is 31.6. The molecule has 0 heterocycles. The minimum Gasteiger partial charge on any atom is -0.370 e. The highest BCUT2D eigenvalue weighted by molar-refractivity contribution is 5.93. The van der Waals surface area contributed by atoms with Gasteiger partial charge in [0.1, 0.15) is 12.1 Å². The van der Waals surface area contributed by atoms with E-state index in [1.807, 2.05) is 84.9 Å². The molecule has 0 spiro atoms. The summed E-state index contributed by atoms with van der Waals surface area (Å²) in [5.74, 6) is -1.51. The normalized spacial score (nSPS) is 12.5. The molecule has 0 saturated carbocycles. The number of amides is 3. The van der Waals surface area contributed by atoms with Gasteiger partial charge in [-0.25, -0.2) is 0 Å². The summed E-state index contributed by atoms with van der Waals surface area (Å²) >= 11 is 0. The molecule has 0 unspecified atom stereocenters. The average Bonchev–Trinajstić information content (AvgIpc) is 3.07. The zero-order valence-electron chi connectivity index (χ0n) is 26.5. The van der Waals surface area contributed by atoms with Crippen LogP contribution in [0.2, 0.25) is 0 Å². The molecule has 47 heavy (non-hydrogen) atoms. The fraction of sp³-hybridized carbons (Fsp3) is 0.324. The number of carbonyl (C=O) groups excluding carboxylic acids is 3. The molecule has 0 aliphatic carbocycles. The van der Waals surface area contributed by atoms with Gasteiger partial charge < -0.3 is 44.6 Å². The van der Waals surface area contributed by atoms with Crippen LogP contribution in [-0.4, -0.2) is 60.9 Å². The number of hydrogen-bond acceptors (Lipinski definition) is 6. The highest BCUT2D eigenvalue weighted by Crippen LogP contribution is 2.20. The number of nitrogens with one attached hydrogen (secondary N) is 3. The second-order valence-corrected chi connectivity index (χ2v) is 11.1. The van der Waals surface area contributed by atoms with E-state index in [0.717, 1.165) is 22.3 Å². The topological polar surface area (TPSA) is 242 Å². The fourth-order valence-electron chi connectivity index (χ4n) is 4.79. The van der Waals surface area contributed by atoms with Crippen LogP contribution in [0.3, 0.4) is 0 Å². The van der Waals surface area contributed by atoms with Crippen LogP contribution in [0.25, 0.3) is 11.1 Å². The quantitative estimate of drug-likeness (QED) is 0.0554. The lowest BCUT2D eigenvalue weighted by atomic mass is 9.99. The predicted octanol–water partition coefficient (Wildman–Crippen LogP) is 0.617. The highest BCUT2D eigenvalue weighted by atomic mass is 16.2. The molecular formula is C34H46N10O3. The van der Waals surface area contributed by atoms with Gasteiger partial charge >= 0.3 is 0 Å². The van der Waals surface area contributed by atoms with Crippen molar-refractivity contribution in [2.45, 2.75) is 56.8 Å². The van der Waals surface area contributed by atoms with E-state index in [-0.39, 0.29) is 43.8 Å². The van der Waals surface area contributed by atoms with Crippen molar-refractivity contribution < 1.29 is 14.4 Å².